The Labute approximate surface area is 161 Å². The van der Waals surface area contributed by atoms with Crippen molar-refractivity contribution in [1.29, 1.82) is 0 Å². The van der Waals surface area contributed by atoms with E-state index in [0.29, 0.717) is 17.2 Å². The van der Waals surface area contributed by atoms with E-state index in [-0.39, 0.29) is 18.4 Å². The largest absolute Gasteiger partial charge is 0.325 e. The lowest BCUT2D eigenvalue weighted by Gasteiger charge is -2.27. The number of urea groups is 1. The minimum absolute atomic E-state index is 0.0709. The molecular formula is C19H22N4O3S. The Bertz CT molecular complexity index is 852. The molecule has 1 aromatic carbocycles. The molecule has 3 rings (SSSR count). The first-order valence-electron chi connectivity index (χ1n) is 8.88. The Kier molecular flexibility index (Phi) is 5.55. The van der Waals surface area contributed by atoms with Gasteiger partial charge in [0.25, 0.3) is 5.91 Å². The van der Waals surface area contributed by atoms with Gasteiger partial charge < -0.3 is 10.6 Å². The van der Waals surface area contributed by atoms with E-state index < -0.39 is 11.6 Å². The van der Waals surface area contributed by atoms with Crippen molar-refractivity contribution in [3.8, 4) is 0 Å². The molecule has 142 valence electrons. The van der Waals surface area contributed by atoms with Crippen molar-refractivity contribution in [2.45, 2.75) is 45.2 Å². The average Bonchev–Trinajstić information content (AvgIpc) is 3.18. The van der Waals surface area contributed by atoms with Crippen LogP contribution in [-0.2, 0) is 21.7 Å². The van der Waals surface area contributed by atoms with Crippen molar-refractivity contribution in [2.24, 2.45) is 0 Å². The smallest absolute Gasteiger partial charge is 0.319 e. The number of nitrogens with zero attached hydrogens (tertiary/aromatic N) is 2. The van der Waals surface area contributed by atoms with Gasteiger partial charge in [-0.3, -0.25) is 14.5 Å². The van der Waals surface area contributed by atoms with Crippen LogP contribution in [0.5, 0.6) is 0 Å². The summed E-state index contributed by atoms with van der Waals surface area (Å²) in [7, 11) is 0. The van der Waals surface area contributed by atoms with Crippen LogP contribution in [0.1, 0.15) is 44.4 Å². The highest BCUT2D eigenvalue weighted by molar-refractivity contribution is 7.13. The minimum Gasteiger partial charge on any atom is -0.319 e. The molecular weight excluding hydrogens is 364 g/mol. The van der Waals surface area contributed by atoms with E-state index >= 15 is 0 Å². The topological polar surface area (TPSA) is 91.4 Å². The van der Waals surface area contributed by atoms with Crippen LogP contribution in [-0.4, -0.2) is 27.7 Å². The molecule has 0 bridgehead atoms. The highest BCUT2D eigenvalue weighted by Gasteiger charge is 2.51. The fourth-order valence-corrected chi connectivity index (χ4v) is 3.94. The second kappa shape index (κ2) is 7.87. The number of nitrogens with one attached hydrogen (secondary N) is 2. The van der Waals surface area contributed by atoms with Crippen molar-refractivity contribution in [1.82, 2.24) is 15.2 Å². The van der Waals surface area contributed by atoms with Crippen LogP contribution in [0, 0.1) is 0 Å². The zero-order valence-electron chi connectivity index (χ0n) is 15.3. The molecule has 0 spiro atoms. The van der Waals surface area contributed by atoms with Gasteiger partial charge in [0.05, 0.1) is 12.2 Å². The molecule has 1 aromatic heterocycles. The van der Waals surface area contributed by atoms with Gasteiger partial charge in [-0.25, -0.2) is 9.78 Å². The van der Waals surface area contributed by atoms with Gasteiger partial charge in [0.2, 0.25) is 5.91 Å². The van der Waals surface area contributed by atoms with Crippen molar-refractivity contribution in [2.75, 3.05) is 5.32 Å². The van der Waals surface area contributed by atoms with Crippen LogP contribution in [0.4, 0.5) is 9.93 Å². The molecule has 27 heavy (non-hydrogen) atoms. The Morgan fingerprint density at radius 1 is 1.30 bits per heavy atom. The average molecular weight is 386 g/mol. The van der Waals surface area contributed by atoms with Gasteiger partial charge in [-0.1, -0.05) is 50.1 Å². The maximum Gasteiger partial charge on any atom is 0.325 e. The molecule has 0 radical (unpaired) electrons. The molecule has 1 aliphatic heterocycles. The van der Waals surface area contributed by atoms with Gasteiger partial charge in [-0.05, 0) is 12.0 Å². The second-order valence-electron chi connectivity index (χ2n) is 6.52. The summed E-state index contributed by atoms with van der Waals surface area (Å²) in [6.45, 7) is 3.53. The molecule has 2 heterocycles. The molecule has 0 saturated carbocycles. The summed E-state index contributed by atoms with van der Waals surface area (Å²) in [5.41, 5.74) is 0.313. The zero-order valence-corrected chi connectivity index (χ0v) is 16.1. The van der Waals surface area contributed by atoms with Crippen LogP contribution in [0.15, 0.2) is 35.7 Å². The predicted octanol–water partition coefficient (Wildman–Crippen LogP) is 3.24. The number of anilines is 1. The summed E-state index contributed by atoms with van der Waals surface area (Å²) in [5.74, 6) is -0.477. The number of imide groups is 1. The summed E-state index contributed by atoms with van der Waals surface area (Å²) in [6.07, 6.45) is 2.28. The Hall–Kier alpha value is -2.74. The molecule has 2 N–H and O–H groups in total. The molecule has 8 heteroatoms. The Balaban J connectivity index is 1.85. The van der Waals surface area contributed by atoms with E-state index in [1.165, 1.54) is 23.2 Å². The molecule has 4 amide bonds. The number of benzene rings is 1. The molecule has 1 atom stereocenters. The highest BCUT2D eigenvalue weighted by atomic mass is 32.1. The van der Waals surface area contributed by atoms with E-state index in [4.69, 9.17) is 0 Å². The number of carbonyl (C=O) groups excluding carboxylic acids is 3. The van der Waals surface area contributed by atoms with Crippen LogP contribution >= 0.6 is 11.3 Å². The third-order valence-electron chi connectivity index (χ3n) is 4.50. The number of aromatic nitrogens is 1. The SMILES string of the molecule is CCCCC1(c2ccccc2)NC(=O)N(Cc2csc(NC(C)=O)n2)C1=O. The fraction of sp³-hybridized carbons (Fsp3) is 0.368. The molecule has 1 saturated heterocycles. The second-order valence-corrected chi connectivity index (χ2v) is 7.38. The number of unbranched alkanes of at least 4 members (excludes halogenated alkanes) is 1. The van der Waals surface area contributed by atoms with Gasteiger partial charge in [-0.2, -0.15) is 0 Å². The lowest BCUT2D eigenvalue weighted by atomic mass is 9.85. The van der Waals surface area contributed by atoms with Crippen molar-refractivity contribution >= 4 is 34.3 Å². The summed E-state index contributed by atoms with van der Waals surface area (Å²) in [4.78, 5) is 42.5. The molecule has 1 fully saturated rings. The zero-order chi connectivity index (χ0) is 19.4. The van der Waals surface area contributed by atoms with Crippen LogP contribution < -0.4 is 10.6 Å². The van der Waals surface area contributed by atoms with Crippen molar-refractivity contribution in [3.05, 3.63) is 47.0 Å². The van der Waals surface area contributed by atoms with Gasteiger partial charge in [-0.15, -0.1) is 11.3 Å². The van der Waals surface area contributed by atoms with Crippen molar-refractivity contribution < 1.29 is 14.4 Å². The van der Waals surface area contributed by atoms with E-state index in [1.807, 2.05) is 30.3 Å². The Morgan fingerprint density at radius 3 is 2.70 bits per heavy atom. The van der Waals surface area contributed by atoms with E-state index in [9.17, 15) is 14.4 Å². The number of rotatable bonds is 7. The third-order valence-corrected chi connectivity index (χ3v) is 5.31. The van der Waals surface area contributed by atoms with Crippen LogP contribution in [0.3, 0.4) is 0 Å². The number of hydrogen-bond donors (Lipinski definition) is 2. The number of carbonyl (C=O) groups is 3. The monoisotopic (exact) mass is 386 g/mol. The van der Waals surface area contributed by atoms with E-state index in [1.54, 1.807) is 5.38 Å². The molecule has 2 aromatic rings. The first kappa shape index (κ1) is 19.0. The fourth-order valence-electron chi connectivity index (χ4n) is 3.19. The third kappa shape index (κ3) is 3.85. The Morgan fingerprint density at radius 2 is 2.04 bits per heavy atom. The molecule has 1 unspecified atom stereocenters. The van der Waals surface area contributed by atoms with Crippen LogP contribution in [0.2, 0.25) is 0 Å². The standard InChI is InChI=1S/C19H22N4O3S/c1-3-4-10-19(14-8-6-5-7-9-14)16(25)23(18(26)22-19)11-15-12-27-17(21-15)20-13(2)24/h5-9,12H,3-4,10-11H2,1-2H3,(H,22,26)(H,20,21,24). The van der Waals surface area contributed by atoms with Crippen molar-refractivity contribution in [3.63, 3.8) is 0 Å². The summed E-state index contributed by atoms with van der Waals surface area (Å²) in [5, 5.41) is 7.71. The summed E-state index contributed by atoms with van der Waals surface area (Å²) in [6, 6.07) is 8.93. The van der Waals surface area contributed by atoms with E-state index in [2.05, 4.69) is 22.5 Å². The normalized spacial score (nSPS) is 19.3. The number of amides is 4. The first-order chi connectivity index (χ1) is 13.0. The maximum absolute atomic E-state index is 13.3. The van der Waals surface area contributed by atoms with E-state index in [0.717, 1.165) is 18.4 Å². The minimum atomic E-state index is -1.04. The van der Waals surface area contributed by atoms with Crippen LogP contribution in [0.25, 0.3) is 0 Å². The lowest BCUT2D eigenvalue weighted by molar-refractivity contribution is -0.132. The van der Waals surface area contributed by atoms with Gasteiger partial charge >= 0.3 is 6.03 Å². The molecule has 0 aliphatic carbocycles. The number of thiazole rings is 1. The van der Waals surface area contributed by atoms with Gasteiger partial charge in [0.1, 0.15) is 5.54 Å². The van der Waals surface area contributed by atoms with Gasteiger partial charge in [0.15, 0.2) is 5.13 Å². The number of hydrogen-bond acceptors (Lipinski definition) is 5. The van der Waals surface area contributed by atoms with Gasteiger partial charge in [0, 0.05) is 12.3 Å². The summed E-state index contributed by atoms with van der Waals surface area (Å²) >= 11 is 1.26. The molecule has 7 nitrogen and oxygen atoms in total. The first-order valence-corrected chi connectivity index (χ1v) is 9.76. The maximum atomic E-state index is 13.3. The molecule has 1 aliphatic rings. The highest BCUT2D eigenvalue weighted by Crippen LogP contribution is 2.35. The predicted molar refractivity (Wildman–Crippen MR) is 103 cm³/mol. The quantitative estimate of drug-likeness (QED) is 0.715. The lowest BCUT2D eigenvalue weighted by Crippen LogP contribution is -2.44. The summed E-state index contributed by atoms with van der Waals surface area (Å²) < 4.78 is 0.